The first-order chi connectivity index (χ1) is 5.14. The monoisotopic (exact) mass is 206 g/mol. The van der Waals surface area contributed by atoms with Crippen LogP contribution in [-0.2, 0) is 9.59 Å². The van der Waals surface area contributed by atoms with Gasteiger partial charge < -0.3 is 32.1 Å². The minimum absolute atomic E-state index is 0. The Morgan fingerprint density at radius 3 is 1.08 bits per heavy atom. The molecule has 0 aromatic rings. The summed E-state index contributed by atoms with van der Waals surface area (Å²) < 4.78 is 0. The fourth-order valence-electron chi connectivity index (χ4n) is 0.298. The second kappa shape index (κ2) is 4.33. The van der Waals surface area contributed by atoms with Crippen molar-refractivity contribution < 1.29 is 71.2 Å². The number of hydrogen-bond donors (Lipinski definition) is 6. The van der Waals surface area contributed by atoms with Gasteiger partial charge in [-0.25, -0.2) is 9.59 Å². The van der Waals surface area contributed by atoms with Crippen molar-refractivity contribution in [2.45, 2.75) is 11.6 Å². The minimum atomic E-state index is -4.15. The summed E-state index contributed by atoms with van der Waals surface area (Å²) in [6.07, 6.45) is 0. The fraction of sp³-hybridized carbons (Fsp3) is 0.500. The largest absolute Gasteiger partial charge is 1.00 e. The molecule has 0 heterocycles. The predicted molar refractivity (Wildman–Crippen MR) is 30.7 cm³/mol. The van der Waals surface area contributed by atoms with E-state index >= 15 is 0 Å². The fourth-order valence-corrected chi connectivity index (χ4v) is 0.298. The first kappa shape index (κ1) is 15.3. The van der Waals surface area contributed by atoms with Gasteiger partial charge in [-0.05, 0) is 0 Å². The summed E-state index contributed by atoms with van der Waals surface area (Å²) in [6.45, 7) is 0. The molecule has 0 aromatic heterocycles. The van der Waals surface area contributed by atoms with E-state index in [9.17, 15) is 9.59 Å². The second-order valence-electron chi connectivity index (χ2n) is 1.95. The van der Waals surface area contributed by atoms with Crippen LogP contribution < -0.4 is 29.6 Å². The second-order valence-corrected chi connectivity index (χ2v) is 1.95. The molecule has 0 unspecified atom stereocenters. The third kappa shape index (κ3) is 2.61. The zero-order chi connectivity index (χ0) is 10.2. The quantitative estimate of drug-likeness (QED) is 0.196. The SMILES string of the molecule is O=C(O)C(O)(O)C(O)(O)C(=O)O.[H-].[Na+]. The zero-order valence-electron chi connectivity index (χ0n) is 7.50. The molecule has 0 aliphatic rings. The maximum Gasteiger partial charge on any atom is 1.00 e. The number of carboxylic acid groups (broad SMARTS) is 2. The van der Waals surface area contributed by atoms with Crippen molar-refractivity contribution in [3.63, 3.8) is 0 Å². The number of rotatable bonds is 3. The third-order valence-electron chi connectivity index (χ3n) is 1.08. The summed E-state index contributed by atoms with van der Waals surface area (Å²) in [5, 5.41) is 49.3. The van der Waals surface area contributed by atoms with Gasteiger partial charge in [0.25, 0.3) is 0 Å². The summed E-state index contributed by atoms with van der Waals surface area (Å²) in [5.74, 6) is -13.3. The van der Waals surface area contributed by atoms with E-state index in [4.69, 9.17) is 30.6 Å². The standard InChI is InChI=1S/C4H6O8.Na.H/c5-1(6)3(9,10)4(11,12)2(7)8;;/h9-12H,(H,5,6)(H,7,8);;/q;+1;-1. The Labute approximate surface area is 94.8 Å². The molecule has 6 N–H and O–H groups in total. The average molecular weight is 206 g/mol. The van der Waals surface area contributed by atoms with Gasteiger partial charge in [-0.1, -0.05) is 0 Å². The van der Waals surface area contributed by atoms with Crippen molar-refractivity contribution in [1.29, 1.82) is 0 Å². The Balaban J connectivity index is -0.000000605. The van der Waals surface area contributed by atoms with Gasteiger partial charge in [-0.3, -0.25) is 0 Å². The van der Waals surface area contributed by atoms with Crippen molar-refractivity contribution in [3.8, 4) is 0 Å². The molecule has 8 nitrogen and oxygen atoms in total. The molecule has 13 heavy (non-hydrogen) atoms. The van der Waals surface area contributed by atoms with Crippen molar-refractivity contribution in [2.75, 3.05) is 0 Å². The molecule has 0 radical (unpaired) electrons. The summed E-state index contributed by atoms with van der Waals surface area (Å²) in [7, 11) is 0. The molecule has 0 rings (SSSR count). The molecule has 0 aromatic carbocycles. The molecule has 0 bridgehead atoms. The van der Waals surface area contributed by atoms with E-state index in [1.165, 1.54) is 0 Å². The van der Waals surface area contributed by atoms with Crippen molar-refractivity contribution in [2.24, 2.45) is 0 Å². The summed E-state index contributed by atoms with van der Waals surface area (Å²) in [5.41, 5.74) is 0. The van der Waals surface area contributed by atoms with Crippen LogP contribution in [-0.4, -0.2) is 54.2 Å². The Bertz CT molecular complexity index is 201. The Hall–Kier alpha value is -0.220. The van der Waals surface area contributed by atoms with E-state index < -0.39 is 23.5 Å². The molecule has 0 aliphatic heterocycles. The van der Waals surface area contributed by atoms with Gasteiger partial charge in [0.05, 0.1) is 0 Å². The first-order valence-electron chi connectivity index (χ1n) is 2.50. The summed E-state index contributed by atoms with van der Waals surface area (Å²) in [4.78, 5) is 19.8. The molecule has 9 heteroatoms. The van der Waals surface area contributed by atoms with E-state index in [-0.39, 0.29) is 31.0 Å². The van der Waals surface area contributed by atoms with Crippen LogP contribution in [0.1, 0.15) is 1.43 Å². The molecular formula is C4H7NaO8. The summed E-state index contributed by atoms with van der Waals surface area (Å²) in [6, 6.07) is 0. The van der Waals surface area contributed by atoms with Crippen LogP contribution >= 0.6 is 0 Å². The van der Waals surface area contributed by atoms with E-state index in [2.05, 4.69) is 0 Å². The van der Waals surface area contributed by atoms with Crippen LogP contribution in [0.5, 0.6) is 0 Å². The van der Waals surface area contributed by atoms with Gasteiger partial charge in [0.1, 0.15) is 0 Å². The van der Waals surface area contributed by atoms with Crippen LogP contribution in [0.3, 0.4) is 0 Å². The summed E-state index contributed by atoms with van der Waals surface area (Å²) >= 11 is 0. The molecule has 0 saturated heterocycles. The third-order valence-corrected chi connectivity index (χ3v) is 1.08. The van der Waals surface area contributed by atoms with Crippen LogP contribution in [0.4, 0.5) is 0 Å². The number of hydrogen-bond acceptors (Lipinski definition) is 6. The van der Waals surface area contributed by atoms with Crippen LogP contribution in [0, 0.1) is 0 Å². The Morgan fingerprint density at radius 1 is 0.846 bits per heavy atom. The van der Waals surface area contributed by atoms with E-state index in [1.54, 1.807) is 0 Å². The van der Waals surface area contributed by atoms with Crippen LogP contribution in [0.2, 0.25) is 0 Å². The predicted octanol–water partition coefficient (Wildman–Crippen LogP) is -6.37. The van der Waals surface area contributed by atoms with E-state index in [0.717, 1.165) is 0 Å². The normalized spacial score (nSPS) is 11.7. The zero-order valence-corrected chi connectivity index (χ0v) is 8.50. The Kier molecular flexibility index (Phi) is 5.08. The van der Waals surface area contributed by atoms with Crippen LogP contribution in [0.25, 0.3) is 0 Å². The van der Waals surface area contributed by atoms with Gasteiger partial charge in [-0.2, -0.15) is 0 Å². The molecule has 0 saturated carbocycles. The molecule has 0 amide bonds. The first-order valence-corrected chi connectivity index (χ1v) is 2.50. The number of carbonyl (C=O) groups is 2. The van der Waals surface area contributed by atoms with Crippen molar-refractivity contribution >= 4 is 11.9 Å². The van der Waals surface area contributed by atoms with Crippen molar-refractivity contribution in [3.05, 3.63) is 0 Å². The number of aliphatic carboxylic acids is 2. The van der Waals surface area contributed by atoms with E-state index in [0.29, 0.717) is 0 Å². The van der Waals surface area contributed by atoms with E-state index in [1.807, 2.05) is 0 Å². The molecule has 0 atom stereocenters. The molecular weight excluding hydrogens is 199 g/mol. The molecule has 0 fully saturated rings. The molecule has 0 aliphatic carbocycles. The average Bonchev–Trinajstić information content (AvgIpc) is 1.86. The van der Waals surface area contributed by atoms with Gasteiger partial charge in [0.15, 0.2) is 0 Å². The number of carboxylic acids is 2. The minimum Gasteiger partial charge on any atom is -1.00 e. The maximum absolute atomic E-state index is 9.89. The topological polar surface area (TPSA) is 156 Å². The number of aliphatic hydroxyl groups is 4. The van der Waals surface area contributed by atoms with Crippen molar-refractivity contribution in [1.82, 2.24) is 0 Å². The molecule has 72 valence electrons. The van der Waals surface area contributed by atoms with Gasteiger partial charge in [0, 0.05) is 0 Å². The van der Waals surface area contributed by atoms with Gasteiger partial charge >= 0.3 is 53.1 Å². The molecule has 0 spiro atoms. The van der Waals surface area contributed by atoms with Gasteiger partial charge in [-0.15, -0.1) is 0 Å². The smallest absolute Gasteiger partial charge is 1.00 e. The van der Waals surface area contributed by atoms with Crippen LogP contribution in [0.15, 0.2) is 0 Å². The maximum atomic E-state index is 9.89. The Morgan fingerprint density at radius 2 is 1.00 bits per heavy atom. The van der Waals surface area contributed by atoms with Gasteiger partial charge in [0.2, 0.25) is 0 Å².